The summed E-state index contributed by atoms with van der Waals surface area (Å²) in [4.78, 5) is 13.5. The Morgan fingerprint density at radius 1 is 1.43 bits per heavy atom. The van der Waals surface area contributed by atoms with Gasteiger partial charge in [-0.25, -0.2) is 4.39 Å². The lowest BCUT2D eigenvalue weighted by molar-refractivity contribution is -0.137. The lowest BCUT2D eigenvalue weighted by Gasteiger charge is -2.29. The number of alkyl halides is 1. The predicted octanol–water partition coefficient (Wildman–Crippen LogP) is -0.455. The molecular weight excluding hydrogens is 187 g/mol. The summed E-state index contributed by atoms with van der Waals surface area (Å²) in [7, 11) is 0. The highest BCUT2D eigenvalue weighted by Gasteiger charge is 2.32. The van der Waals surface area contributed by atoms with Crippen molar-refractivity contribution in [1.82, 2.24) is 10.2 Å². The van der Waals surface area contributed by atoms with Crippen LogP contribution in [0.4, 0.5) is 4.39 Å². The summed E-state index contributed by atoms with van der Waals surface area (Å²) in [6, 6.07) is -0.317. The van der Waals surface area contributed by atoms with Gasteiger partial charge in [-0.15, -0.1) is 0 Å². The van der Waals surface area contributed by atoms with Crippen LogP contribution in [0.25, 0.3) is 0 Å². The number of amides is 1. The van der Waals surface area contributed by atoms with E-state index in [1.54, 1.807) is 4.90 Å². The molecule has 0 bridgehead atoms. The van der Waals surface area contributed by atoms with Crippen molar-refractivity contribution in [3.63, 3.8) is 0 Å². The number of ether oxygens (including phenoxy) is 1. The molecule has 0 aromatic carbocycles. The van der Waals surface area contributed by atoms with E-state index >= 15 is 0 Å². The van der Waals surface area contributed by atoms with Crippen molar-refractivity contribution in [1.29, 1.82) is 0 Å². The third-order valence-corrected chi connectivity index (χ3v) is 2.70. The first kappa shape index (κ1) is 9.86. The summed E-state index contributed by atoms with van der Waals surface area (Å²) in [6.45, 7) is 2.76. The van der Waals surface area contributed by atoms with Gasteiger partial charge < -0.3 is 15.0 Å². The molecule has 2 aliphatic rings. The van der Waals surface area contributed by atoms with Gasteiger partial charge in [-0.3, -0.25) is 4.79 Å². The standard InChI is InChI=1S/C9H15FN2O2/c10-7-5-8(11-6-7)9(13)12-1-3-14-4-2-12/h7-8,11H,1-6H2/t7?,8-/m1/s1. The number of hydrogen-bond acceptors (Lipinski definition) is 3. The van der Waals surface area contributed by atoms with Crippen LogP contribution in [0.15, 0.2) is 0 Å². The van der Waals surface area contributed by atoms with Crippen molar-refractivity contribution in [3.8, 4) is 0 Å². The molecule has 0 aromatic heterocycles. The van der Waals surface area contributed by atoms with Crippen LogP contribution in [0.2, 0.25) is 0 Å². The van der Waals surface area contributed by atoms with Gasteiger partial charge in [0.25, 0.3) is 0 Å². The Morgan fingerprint density at radius 2 is 2.14 bits per heavy atom. The average molecular weight is 202 g/mol. The molecule has 2 heterocycles. The molecule has 2 rings (SSSR count). The van der Waals surface area contributed by atoms with Gasteiger partial charge in [-0.2, -0.15) is 0 Å². The number of nitrogens with one attached hydrogen (secondary N) is 1. The molecule has 80 valence electrons. The molecule has 1 N–H and O–H groups in total. The molecular formula is C9H15FN2O2. The highest BCUT2D eigenvalue weighted by molar-refractivity contribution is 5.82. The minimum Gasteiger partial charge on any atom is -0.378 e. The van der Waals surface area contributed by atoms with E-state index in [2.05, 4.69) is 5.32 Å². The molecule has 14 heavy (non-hydrogen) atoms. The summed E-state index contributed by atoms with van der Waals surface area (Å²) in [6.07, 6.45) is -0.555. The lowest BCUT2D eigenvalue weighted by atomic mass is 10.2. The summed E-state index contributed by atoms with van der Waals surface area (Å²) in [5.41, 5.74) is 0. The summed E-state index contributed by atoms with van der Waals surface area (Å²) >= 11 is 0. The molecule has 2 atom stereocenters. The number of carbonyl (C=O) groups is 1. The fourth-order valence-corrected chi connectivity index (χ4v) is 1.88. The average Bonchev–Trinajstić information content (AvgIpc) is 2.65. The minimum absolute atomic E-state index is 0.0217. The molecule has 0 radical (unpaired) electrons. The van der Waals surface area contributed by atoms with Crippen LogP contribution >= 0.6 is 0 Å². The Balaban J connectivity index is 1.87. The van der Waals surface area contributed by atoms with Crippen LogP contribution in [-0.2, 0) is 9.53 Å². The smallest absolute Gasteiger partial charge is 0.239 e. The van der Waals surface area contributed by atoms with Crippen LogP contribution < -0.4 is 5.32 Å². The molecule has 2 fully saturated rings. The number of hydrogen-bond donors (Lipinski definition) is 1. The first-order valence-electron chi connectivity index (χ1n) is 5.01. The van der Waals surface area contributed by atoms with Crippen LogP contribution in [0.1, 0.15) is 6.42 Å². The largest absolute Gasteiger partial charge is 0.378 e. The van der Waals surface area contributed by atoms with Crippen molar-refractivity contribution in [2.24, 2.45) is 0 Å². The van der Waals surface area contributed by atoms with Crippen LogP contribution in [-0.4, -0.2) is 55.9 Å². The van der Waals surface area contributed by atoms with E-state index < -0.39 is 6.17 Å². The van der Waals surface area contributed by atoms with Gasteiger partial charge >= 0.3 is 0 Å². The molecule has 0 aromatic rings. The number of rotatable bonds is 1. The van der Waals surface area contributed by atoms with Crippen LogP contribution in [0, 0.1) is 0 Å². The van der Waals surface area contributed by atoms with E-state index in [0.717, 1.165) is 0 Å². The Bertz CT molecular complexity index is 212. The van der Waals surface area contributed by atoms with Crippen LogP contribution in [0.3, 0.4) is 0 Å². The van der Waals surface area contributed by atoms with E-state index in [0.29, 0.717) is 39.3 Å². The fraction of sp³-hybridized carbons (Fsp3) is 0.889. The highest BCUT2D eigenvalue weighted by atomic mass is 19.1. The van der Waals surface area contributed by atoms with E-state index in [9.17, 15) is 9.18 Å². The quantitative estimate of drug-likeness (QED) is 0.626. The second kappa shape index (κ2) is 4.23. The van der Waals surface area contributed by atoms with Crippen molar-refractivity contribution in [2.75, 3.05) is 32.8 Å². The molecule has 1 unspecified atom stereocenters. The number of morpholine rings is 1. The monoisotopic (exact) mass is 202 g/mol. The van der Waals surface area contributed by atoms with Crippen LogP contribution in [0.5, 0.6) is 0 Å². The first-order valence-corrected chi connectivity index (χ1v) is 5.01. The van der Waals surface area contributed by atoms with E-state index in [-0.39, 0.29) is 11.9 Å². The third kappa shape index (κ3) is 2.04. The van der Waals surface area contributed by atoms with Crippen molar-refractivity contribution >= 4 is 5.91 Å². The van der Waals surface area contributed by atoms with Gasteiger partial charge in [0.05, 0.1) is 19.3 Å². The SMILES string of the molecule is O=C([C@H]1CC(F)CN1)N1CCOCC1. The molecule has 1 amide bonds. The second-order valence-electron chi connectivity index (χ2n) is 3.73. The van der Waals surface area contributed by atoms with E-state index in [4.69, 9.17) is 4.74 Å². The number of carbonyl (C=O) groups excluding carboxylic acids is 1. The summed E-state index contributed by atoms with van der Waals surface area (Å²) in [5.74, 6) is 0.0217. The topological polar surface area (TPSA) is 41.6 Å². The van der Waals surface area contributed by atoms with Crippen molar-refractivity contribution in [3.05, 3.63) is 0 Å². The molecule has 0 aliphatic carbocycles. The summed E-state index contributed by atoms with van der Waals surface area (Å²) in [5, 5.41) is 2.90. The number of halogens is 1. The Morgan fingerprint density at radius 3 is 2.71 bits per heavy atom. The van der Waals surface area contributed by atoms with E-state index in [1.165, 1.54) is 0 Å². The zero-order valence-corrected chi connectivity index (χ0v) is 8.04. The zero-order chi connectivity index (χ0) is 9.97. The van der Waals surface area contributed by atoms with Crippen molar-refractivity contribution in [2.45, 2.75) is 18.6 Å². The van der Waals surface area contributed by atoms with Gasteiger partial charge in [0.15, 0.2) is 0 Å². The lowest BCUT2D eigenvalue weighted by Crippen LogP contribution is -2.48. The van der Waals surface area contributed by atoms with Gasteiger partial charge in [-0.1, -0.05) is 0 Å². The van der Waals surface area contributed by atoms with Gasteiger partial charge in [-0.05, 0) is 0 Å². The maximum Gasteiger partial charge on any atom is 0.239 e. The predicted molar refractivity (Wildman–Crippen MR) is 48.7 cm³/mol. The van der Waals surface area contributed by atoms with Gasteiger partial charge in [0, 0.05) is 26.1 Å². The number of nitrogens with zero attached hydrogens (tertiary/aromatic N) is 1. The van der Waals surface area contributed by atoms with Crippen molar-refractivity contribution < 1.29 is 13.9 Å². The third-order valence-electron chi connectivity index (χ3n) is 2.70. The highest BCUT2D eigenvalue weighted by Crippen LogP contribution is 2.13. The second-order valence-corrected chi connectivity index (χ2v) is 3.73. The zero-order valence-electron chi connectivity index (χ0n) is 8.04. The maximum atomic E-state index is 12.8. The molecule has 5 heteroatoms. The normalized spacial score (nSPS) is 33.4. The molecule has 4 nitrogen and oxygen atoms in total. The summed E-state index contributed by atoms with van der Waals surface area (Å²) < 4.78 is 18.0. The maximum absolute atomic E-state index is 12.8. The minimum atomic E-state index is -0.870. The Labute approximate surface area is 82.4 Å². The molecule has 0 spiro atoms. The Kier molecular flexibility index (Phi) is 2.98. The molecule has 0 saturated carbocycles. The van der Waals surface area contributed by atoms with Gasteiger partial charge in [0.1, 0.15) is 6.17 Å². The Hall–Kier alpha value is -0.680. The van der Waals surface area contributed by atoms with E-state index in [1.807, 2.05) is 0 Å². The first-order chi connectivity index (χ1) is 6.77. The molecule has 2 aliphatic heterocycles. The molecule has 2 saturated heterocycles. The fourth-order valence-electron chi connectivity index (χ4n) is 1.88. The van der Waals surface area contributed by atoms with Gasteiger partial charge in [0.2, 0.25) is 5.91 Å².